The Morgan fingerprint density at radius 2 is 1.79 bits per heavy atom. The molecule has 0 atom stereocenters. The van der Waals surface area contributed by atoms with Crippen LogP contribution in [0.15, 0.2) is 48.5 Å². The number of hydrogen-bond acceptors (Lipinski definition) is 5. The Hall–Kier alpha value is -3.81. The van der Waals surface area contributed by atoms with E-state index in [2.05, 4.69) is 58.7 Å². The minimum absolute atomic E-state index is 0.401. The summed E-state index contributed by atoms with van der Waals surface area (Å²) in [5, 5.41) is 19.2. The number of carbonyl (C=O) groups is 1. The van der Waals surface area contributed by atoms with Gasteiger partial charge < -0.3 is 5.73 Å². The SMILES string of the molecule is CCCCn1nc(CCC)c(C(N)=O)c1Cc1ccc(-c2ccccc2-c2nn[nH]n2)cc1. The van der Waals surface area contributed by atoms with Gasteiger partial charge in [-0.3, -0.25) is 9.48 Å². The topological polar surface area (TPSA) is 115 Å². The molecule has 0 fully saturated rings. The summed E-state index contributed by atoms with van der Waals surface area (Å²) in [6.07, 6.45) is 4.33. The molecule has 2 aromatic heterocycles. The number of nitrogens with zero attached hydrogens (tertiary/aromatic N) is 5. The van der Waals surface area contributed by atoms with Gasteiger partial charge >= 0.3 is 0 Å². The van der Waals surface area contributed by atoms with Gasteiger partial charge in [-0.1, -0.05) is 75.2 Å². The number of benzene rings is 2. The maximum atomic E-state index is 12.3. The molecule has 0 radical (unpaired) electrons. The standard InChI is InChI=1S/C25H29N7O/c1-3-5-15-32-22(23(24(26)33)21(29-32)8-4-2)16-17-11-13-18(14-12-17)19-9-6-7-10-20(19)25-27-30-31-28-25/h6-7,9-14H,3-5,8,15-16H2,1-2H3,(H2,26,33)(H,27,28,30,31). The molecule has 8 heteroatoms. The number of tetrazole rings is 1. The molecule has 0 aliphatic rings. The fourth-order valence-electron chi connectivity index (χ4n) is 4.12. The fraction of sp³-hybridized carbons (Fsp3) is 0.320. The van der Waals surface area contributed by atoms with E-state index in [0.717, 1.165) is 65.9 Å². The minimum atomic E-state index is -0.401. The van der Waals surface area contributed by atoms with E-state index in [-0.39, 0.29) is 0 Å². The van der Waals surface area contributed by atoms with E-state index in [9.17, 15) is 4.79 Å². The van der Waals surface area contributed by atoms with Gasteiger partial charge in [0.05, 0.1) is 17.0 Å². The fourth-order valence-corrected chi connectivity index (χ4v) is 4.12. The van der Waals surface area contributed by atoms with Crippen LogP contribution in [-0.2, 0) is 19.4 Å². The lowest BCUT2D eigenvalue weighted by Gasteiger charge is -2.10. The summed E-state index contributed by atoms with van der Waals surface area (Å²) in [4.78, 5) is 12.3. The number of aromatic amines is 1. The van der Waals surface area contributed by atoms with Gasteiger partial charge in [-0.05, 0) is 34.7 Å². The van der Waals surface area contributed by atoms with Gasteiger partial charge in [0.1, 0.15) is 0 Å². The Morgan fingerprint density at radius 1 is 1.03 bits per heavy atom. The zero-order valence-corrected chi connectivity index (χ0v) is 19.1. The number of unbranched alkanes of at least 4 members (excludes halogenated alkanes) is 1. The van der Waals surface area contributed by atoms with Crippen LogP contribution in [-0.4, -0.2) is 36.3 Å². The van der Waals surface area contributed by atoms with Gasteiger partial charge in [-0.15, -0.1) is 10.2 Å². The lowest BCUT2D eigenvalue weighted by atomic mass is 9.96. The normalized spacial score (nSPS) is 11.1. The average Bonchev–Trinajstić information content (AvgIpc) is 3.47. The molecule has 0 aliphatic heterocycles. The van der Waals surface area contributed by atoms with Crippen LogP contribution in [0.1, 0.15) is 60.4 Å². The molecule has 0 spiro atoms. The third-order valence-corrected chi connectivity index (χ3v) is 5.74. The highest BCUT2D eigenvalue weighted by Gasteiger charge is 2.21. The van der Waals surface area contributed by atoms with E-state index < -0.39 is 5.91 Å². The summed E-state index contributed by atoms with van der Waals surface area (Å²) in [6, 6.07) is 16.3. The molecule has 4 rings (SSSR count). The van der Waals surface area contributed by atoms with Gasteiger partial charge in [-0.2, -0.15) is 10.3 Å². The van der Waals surface area contributed by atoms with E-state index in [1.54, 1.807) is 0 Å². The largest absolute Gasteiger partial charge is 0.365 e. The number of aryl methyl sites for hydroxylation is 2. The Labute approximate surface area is 193 Å². The molecule has 33 heavy (non-hydrogen) atoms. The summed E-state index contributed by atoms with van der Waals surface area (Å²) in [6.45, 7) is 5.02. The van der Waals surface area contributed by atoms with E-state index in [1.165, 1.54) is 0 Å². The Kier molecular flexibility index (Phi) is 6.92. The number of amides is 1. The molecular formula is C25H29N7O. The highest BCUT2D eigenvalue weighted by atomic mass is 16.1. The highest BCUT2D eigenvalue weighted by Crippen LogP contribution is 2.30. The number of H-pyrrole nitrogens is 1. The second-order valence-corrected chi connectivity index (χ2v) is 8.11. The van der Waals surface area contributed by atoms with Crippen LogP contribution in [0.4, 0.5) is 0 Å². The van der Waals surface area contributed by atoms with Crippen LogP contribution in [0.2, 0.25) is 0 Å². The molecule has 0 saturated heterocycles. The van der Waals surface area contributed by atoms with Crippen molar-refractivity contribution in [2.24, 2.45) is 5.73 Å². The van der Waals surface area contributed by atoms with Crippen molar-refractivity contribution in [1.82, 2.24) is 30.4 Å². The summed E-state index contributed by atoms with van der Waals surface area (Å²) < 4.78 is 1.98. The second-order valence-electron chi connectivity index (χ2n) is 8.11. The van der Waals surface area contributed by atoms with E-state index in [0.29, 0.717) is 17.8 Å². The number of hydrogen-bond donors (Lipinski definition) is 2. The van der Waals surface area contributed by atoms with E-state index in [1.807, 2.05) is 28.9 Å². The number of aromatic nitrogens is 6. The zero-order chi connectivity index (χ0) is 23.2. The van der Waals surface area contributed by atoms with Crippen LogP contribution in [0.25, 0.3) is 22.5 Å². The van der Waals surface area contributed by atoms with Crippen molar-refractivity contribution in [2.45, 2.75) is 52.5 Å². The summed E-state index contributed by atoms with van der Waals surface area (Å²) >= 11 is 0. The van der Waals surface area contributed by atoms with Crippen LogP contribution in [0.5, 0.6) is 0 Å². The number of nitrogens with one attached hydrogen (secondary N) is 1. The first-order valence-corrected chi connectivity index (χ1v) is 11.4. The van der Waals surface area contributed by atoms with Crippen molar-refractivity contribution in [1.29, 1.82) is 0 Å². The van der Waals surface area contributed by atoms with Gasteiger partial charge in [0.15, 0.2) is 0 Å². The minimum Gasteiger partial charge on any atom is -0.365 e. The maximum absolute atomic E-state index is 12.3. The van der Waals surface area contributed by atoms with Crippen molar-refractivity contribution in [2.75, 3.05) is 0 Å². The third-order valence-electron chi connectivity index (χ3n) is 5.74. The molecule has 4 aromatic rings. The smallest absolute Gasteiger partial charge is 0.252 e. The first-order chi connectivity index (χ1) is 16.1. The Balaban J connectivity index is 1.66. The van der Waals surface area contributed by atoms with E-state index in [4.69, 9.17) is 10.8 Å². The van der Waals surface area contributed by atoms with Gasteiger partial charge in [0, 0.05) is 18.5 Å². The molecule has 170 valence electrons. The summed E-state index contributed by atoms with van der Waals surface area (Å²) in [5.74, 6) is 0.158. The number of nitrogens with two attached hydrogens (primary N) is 1. The predicted molar refractivity (Wildman–Crippen MR) is 128 cm³/mol. The van der Waals surface area contributed by atoms with Crippen molar-refractivity contribution in [3.8, 4) is 22.5 Å². The molecule has 1 amide bonds. The van der Waals surface area contributed by atoms with Crippen molar-refractivity contribution < 1.29 is 4.79 Å². The first kappa shape index (κ1) is 22.4. The quantitative estimate of drug-likeness (QED) is 0.382. The molecule has 2 aromatic carbocycles. The van der Waals surface area contributed by atoms with Crippen LogP contribution < -0.4 is 5.73 Å². The van der Waals surface area contributed by atoms with Crippen LogP contribution >= 0.6 is 0 Å². The first-order valence-electron chi connectivity index (χ1n) is 11.4. The zero-order valence-electron chi connectivity index (χ0n) is 19.1. The lowest BCUT2D eigenvalue weighted by Crippen LogP contribution is -2.16. The van der Waals surface area contributed by atoms with Crippen molar-refractivity contribution >= 4 is 5.91 Å². The Morgan fingerprint density at radius 3 is 2.42 bits per heavy atom. The lowest BCUT2D eigenvalue weighted by molar-refractivity contribution is 0.0998. The average molecular weight is 444 g/mol. The van der Waals surface area contributed by atoms with Crippen LogP contribution in [0, 0.1) is 0 Å². The Bertz CT molecular complexity index is 1210. The summed E-state index contributed by atoms with van der Waals surface area (Å²) in [7, 11) is 0. The highest BCUT2D eigenvalue weighted by molar-refractivity contribution is 5.95. The summed E-state index contributed by atoms with van der Waals surface area (Å²) in [5.41, 5.74) is 12.2. The van der Waals surface area contributed by atoms with Crippen molar-refractivity contribution in [3.63, 3.8) is 0 Å². The van der Waals surface area contributed by atoms with Gasteiger partial charge in [0.25, 0.3) is 5.91 Å². The molecule has 2 heterocycles. The molecule has 8 nitrogen and oxygen atoms in total. The predicted octanol–water partition coefficient (Wildman–Crippen LogP) is 4.17. The second kappa shape index (κ2) is 10.2. The van der Waals surface area contributed by atoms with Gasteiger partial charge in [-0.25, -0.2) is 0 Å². The monoisotopic (exact) mass is 443 g/mol. The molecule has 0 bridgehead atoms. The number of carbonyl (C=O) groups excluding carboxylic acids is 1. The maximum Gasteiger partial charge on any atom is 0.252 e. The molecule has 0 unspecified atom stereocenters. The van der Waals surface area contributed by atoms with Gasteiger partial charge in [0.2, 0.25) is 5.82 Å². The molecule has 0 aliphatic carbocycles. The molecule has 0 saturated carbocycles. The van der Waals surface area contributed by atoms with Crippen LogP contribution in [0.3, 0.4) is 0 Å². The van der Waals surface area contributed by atoms with Crippen molar-refractivity contribution in [3.05, 3.63) is 71.0 Å². The number of primary amides is 1. The number of rotatable bonds is 10. The molecule has 3 N–H and O–H groups in total. The third kappa shape index (κ3) is 4.84. The van der Waals surface area contributed by atoms with E-state index >= 15 is 0 Å². The molecular weight excluding hydrogens is 414 g/mol.